The van der Waals surface area contributed by atoms with E-state index in [4.69, 9.17) is 16.3 Å². The average molecular weight is 191 g/mol. The van der Waals surface area contributed by atoms with Crippen molar-refractivity contribution >= 4 is 5.97 Å². The summed E-state index contributed by atoms with van der Waals surface area (Å²) in [5, 5.41) is 8.56. The fraction of sp³-hybridized carbons (Fsp3) is 0.200. The quantitative estimate of drug-likeness (QED) is 0.573. The number of hydrogen-bond acceptors (Lipinski definition) is 3. The molecule has 1 N–H and O–H groups in total. The van der Waals surface area contributed by atoms with Crippen molar-refractivity contribution in [3.8, 4) is 18.1 Å². The zero-order chi connectivity index (χ0) is 10.4. The molecule has 1 aromatic heterocycles. The minimum Gasteiger partial charge on any atom is -0.491 e. The van der Waals surface area contributed by atoms with Gasteiger partial charge in [0.25, 0.3) is 0 Å². The summed E-state index contributed by atoms with van der Waals surface area (Å²) >= 11 is 0. The lowest BCUT2D eigenvalue weighted by Gasteiger charge is -2.02. The molecule has 4 nitrogen and oxygen atoms in total. The lowest BCUT2D eigenvalue weighted by Crippen LogP contribution is -2.01. The molecule has 1 aromatic rings. The number of aromatic carboxylic acids is 1. The van der Waals surface area contributed by atoms with Gasteiger partial charge < -0.3 is 9.84 Å². The maximum atomic E-state index is 10.4. The van der Waals surface area contributed by atoms with Crippen LogP contribution in [0.1, 0.15) is 16.9 Å². The molecule has 0 unspecified atom stereocenters. The Morgan fingerprint density at radius 3 is 2.93 bits per heavy atom. The van der Waals surface area contributed by atoms with Crippen molar-refractivity contribution in [2.24, 2.45) is 0 Å². The number of carboxylic acid groups (broad SMARTS) is 1. The molecule has 0 radical (unpaired) electrons. The lowest BCUT2D eigenvalue weighted by molar-refractivity contribution is 0.0690. The van der Waals surface area contributed by atoms with Crippen LogP contribution in [-0.4, -0.2) is 22.7 Å². The van der Waals surface area contributed by atoms with E-state index in [1.807, 2.05) is 0 Å². The molecule has 0 bridgehead atoms. The predicted molar refractivity (Wildman–Crippen MR) is 50.1 cm³/mol. The van der Waals surface area contributed by atoms with Gasteiger partial charge in [0.1, 0.15) is 11.4 Å². The normalized spacial score (nSPS) is 9.07. The Morgan fingerprint density at radius 2 is 2.43 bits per heavy atom. The van der Waals surface area contributed by atoms with Gasteiger partial charge in [-0.3, -0.25) is 0 Å². The molecule has 0 saturated heterocycles. The third-order valence-electron chi connectivity index (χ3n) is 1.47. The monoisotopic (exact) mass is 191 g/mol. The van der Waals surface area contributed by atoms with Crippen LogP contribution in [0, 0.1) is 12.3 Å². The zero-order valence-electron chi connectivity index (χ0n) is 7.43. The van der Waals surface area contributed by atoms with Gasteiger partial charge in [0.05, 0.1) is 12.8 Å². The van der Waals surface area contributed by atoms with Gasteiger partial charge in [-0.1, -0.05) is 0 Å². The van der Waals surface area contributed by atoms with Crippen LogP contribution in [0.5, 0.6) is 5.75 Å². The van der Waals surface area contributed by atoms with Crippen molar-refractivity contribution in [2.45, 2.75) is 6.42 Å². The van der Waals surface area contributed by atoms with Crippen molar-refractivity contribution in [3.63, 3.8) is 0 Å². The molecule has 0 aliphatic carbocycles. The van der Waals surface area contributed by atoms with Crippen LogP contribution in [0.2, 0.25) is 0 Å². The molecule has 0 aromatic carbocycles. The zero-order valence-corrected chi connectivity index (χ0v) is 7.43. The minimum absolute atomic E-state index is 0.00528. The maximum absolute atomic E-state index is 10.4. The third kappa shape index (κ3) is 2.79. The van der Waals surface area contributed by atoms with E-state index in [9.17, 15) is 4.79 Å². The first-order valence-corrected chi connectivity index (χ1v) is 3.99. The summed E-state index contributed by atoms with van der Waals surface area (Å²) < 4.78 is 5.18. The van der Waals surface area contributed by atoms with E-state index in [1.165, 1.54) is 12.3 Å². The second-order valence-corrected chi connectivity index (χ2v) is 2.49. The van der Waals surface area contributed by atoms with Gasteiger partial charge in [-0.15, -0.1) is 12.3 Å². The first kappa shape index (κ1) is 10.1. The van der Waals surface area contributed by atoms with E-state index < -0.39 is 5.97 Å². The van der Waals surface area contributed by atoms with Gasteiger partial charge in [0, 0.05) is 6.42 Å². The van der Waals surface area contributed by atoms with Gasteiger partial charge in [-0.25, -0.2) is 9.78 Å². The Hall–Kier alpha value is -2.02. The first-order valence-electron chi connectivity index (χ1n) is 3.99. The second-order valence-electron chi connectivity index (χ2n) is 2.49. The van der Waals surface area contributed by atoms with Crippen LogP contribution < -0.4 is 4.74 Å². The topological polar surface area (TPSA) is 59.4 Å². The summed E-state index contributed by atoms with van der Waals surface area (Å²) in [4.78, 5) is 14.1. The van der Waals surface area contributed by atoms with Gasteiger partial charge in [0.2, 0.25) is 0 Å². The SMILES string of the molecule is C#CCCOc1ccc(C(=O)O)nc1. The number of carbonyl (C=O) groups is 1. The Morgan fingerprint density at radius 1 is 1.64 bits per heavy atom. The highest BCUT2D eigenvalue weighted by Crippen LogP contribution is 2.09. The second kappa shape index (κ2) is 4.87. The highest BCUT2D eigenvalue weighted by Gasteiger charge is 2.03. The van der Waals surface area contributed by atoms with E-state index in [2.05, 4.69) is 10.9 Å². The highest BCUT2D eigenvalue weighted by molar-refractivity contribution is 5.85. The molecule has 1 rings (SSSR count). The van der Waals surface area contributed by atoms with Gasteiger partial charge in [0.15, 0.2) is 0 Å². The van der Waals surface area contributed by atoms with Crippen LogP contribution in [0.25, 0.3) is 0 Å². The van der Waals surface area contributed by atoms with Gasteiger partial charge in [-0.2, -0.15) is 0 Å². The van der Waals surface area contributed by atoms with E-state index >= 15 is 0 Å². The van der Waals surface area contributed by atoms with Crippen molar-refractivity contribution in [1.29, 1.82) is 0 Å². The number of rotatable bonds is 4. The summed E-state index contributed by atoms with van der Waals surface area (Å²) in [5.41, 5.74) is -0.00528. The summed E-state index contributed by atoms with van der Waals surface area (Å²) in [7, 11) is 0. The smallest absolute Gasteiger partial charge is 0.354 e. The van der Waals surface area contributed by atoms with E-state index in [0.717, 1.165) is 0 Å². The molecule has 1 heterocycles. The number of hydrogen-bond donors (Lipinski definition) is 1. The maximum Gasteiger partial charge on any atom is 0.354 e. The fourth-order valence-corrected chi connectivity index (χ4v) is 0.820. The van der Waals surface area contributed by atoms with Crippen LogP contribution in [-0.2, 0) is 0 Å². The third-order valence-corrected chi connectivity index (χ3v) is 1.47. The summed E-state index contributed by atoms with van der Waals surface area (Å²) in [6.45, 7) is 0.407. The minimum atomic E-state index is -1.06. The highest BCUT2D eigenvalue weighted by atomic mass is 16.5. The Balaban J connectivity index is 2.56. The van der Waals surface area contributed by atoms with Crippen molar-refractivity contribution in [2.75, 3.05) is 6.61 Å². The van der Waals surface area contributed by atoms with Crippen molar-refractivity contribution in [1.82, 2.24) is 4.98 Å². The summed E-state index contributed by atoms with van der Waals surface area (Å²) in [5.74, 6) is 1.89. The molecule has 0 spiro atoms. The van der Waals surface area contributed by atoms with Crippen LogP contribution >= 0.6 is 0 Å². The summed E-state index contributed by atoms with van der Waals surface area (Å²) in [6, 6.07) is 2.93. The number of nitrogens with zero attached hydrogens (tertiary/aromatic N) is 1. The van der Waals surface area contributed by atoms with Crippen LogP contribution in [0.3, 0.4) is 0 Å². The molecular formula is C10H9NO3. The molecule has 0 aliphatic heterocycles. The Bertz CT molecular complexity index is 351. The molecule has 72 valence electrons. The Kier molecular flexibility index (Phi) is 3.50. The molecule has 14 heavy (non-hydrogen) atoms. The number of carboxylic acids is 1. The lowest BCUT2D eigenvalue weighted by atomic mass is 10.3. The molecule has 0 amide bonds. The van der Waals surface area contributed by atoms with Gasteiger partial charge >= 0.3 is 5.97 Å². The largest absolute Gasteiger partial charge is 0.491 e. The van der Waals surface area contributed by atoms with Crippen LogP contribution in [0.4, 0.5) is 0 Å². The molecule has 0 fully saturated rings. The number of ether oxygens (including phenoxy) is 1. The number of aromatic nitrogens is 1. The molecule has 0 atom stereocenters. The van der Waals surface area contributed by atoms with Crippen molar-refractivity contribution < 1.29 is 14.6 Å². The molecular weight excluding hydrogens is 182 g/mol. The van der Waals surface area contributed by atoms with E-state index in [-0.39, 0.29) is 5.69 Å². The predicted octanol–water partition coefficient (Wildman–Crippen LogP) is 1.18. The first-order chi connectivity index (χ1) is 6.74. The van der Waals surface area contributed by atoms with Crippen molar-refractivity contribution in [3.05, 3.63) is 24.0 Å². The Labute approximate surface area is 81.5 Å². The fourth-order valence-electron chi connectivity index (χ4n) is 0.820. The number of pyridine rings is 1. The summed E-state index contributed by atoms with van der Waals surface area (Å²) in [6.07, 6.45) is 6.91. The van der Waals surface area contributed by atoms with Crippen LogP contribution in [0.15, 0.2) is 18.3 Å². The molecule has 0 saturated carbocycles. The van der Waals surface area contributed by atoms with E-state index in [1.54, 1.807) is 6.07 Å². The van der Waals surface area contributed by atoms with E-state index in [0.29, 0.717) is 18.8 Å². The van der Waals surface area contributed by atoms with Gasteiger partial charge in [-0.05, 0) is 12.1 Å². The molecule has 0 aliphatic rings. The standard InChI is InChI=1S/C10H9NO3/c1-2-3-6-14-8-4-5-9(10(12)13)11-7-8/h1,4-5,7H,3,6H2,(H,12,13). The molecule has 4 heteroatoms. The average Bonchev–Trinajstić information content (AvgIpc) is 2.19. The number of terminal acetylenes is 1.